The molecule has 1 nitrogen and oxygen atoms in total. The summed E-state index contributed by atoms with van der Waals surface area (Å²) in [6.07, 6.45) is 5.49. The van der Waals surface area contributed by atoms with Crippen LogP contribution in [0.15, 0.2) is 23.5 Å². The van der Waals surface area contributed by atoms with Crippen LogP contribution in [0.5, 0.6) is 0 Å². The molecule has 0 unspecified atom stereocenters. The highest BCUT2D eigenvalue weighted by Crippen LogP contribution is 2.33. The maximum atomic E-state index is 5.97. The zero-order valence-corrected chi connectivity index (χ0v) is 11.3. The molecule has 1 aliphatic carbocycles. The van der Waals surface area contributed by atoms with Gasteiger partial charge in [0, 0.05) is 6.42 Å². The standard InChI is InChI=1S/C12H22OSi/c1-12(2,3)10-7-8-11(9-10)13-14(4,5)6/h7,9H,8H2,1-6H3. The fourth-order valence-corrected chi connectivity index (χ4v) is 2.42. The fraction of sp³-hybridized carbons (Fsp3) is 0.667. The molecule has 1 aliphatic rings. The second-order valence-electron chi connectivity index (χ2n) is 5.94. The number of rotatable bonds is 2. The lowest BCUT2D eigenvalue weighted by Gasteiger charge is -2.21. The molecule has 2 heteroatoms. The molecule has 0 atom stereocenters. The van der Waals surface area contributed by atoms with E-state index in [1.165, 1.54) is 5.57 Å². The van der Waals surface area contributed by atoms with Crippen LogP contribution in [0.4, 0.5) is 0 Å². The predicted octanol–water partition coefficient (Wildman–Crippen LogP) is 4.10. The van der Waals surface area contributed by atoms with Gasteiger partial charge in [0.25, 0.3) is 0 Å². The van der Waals surface area contributed by atoms with Crippen LogP contribution in [0.1, 0.15) is 27.2 Å². The van der Waals surface area contributed by atoms with Crippen molar-refractivity contribution in [1.29, 1.82) is 0 Å². The minimum atomic E-state index is -1.41. The molecular formula is C12H22OSi. The van der Waals surface area contributed by atoms with E-state index in [4.69, 9.17) is 4.43 Å². The molecular weight excluding hydrogens is 188 g/mol. The second-order valence-corrected chi connectivity index (χ2v) is 10.4. The van der Waals surface area contributed by atoms with Crippen molar-refractivity contribution in [2.75, 3.05) is 0 Å². The van der Waals surface area contributed by atoms with Gasteiger partial charge in [-0.3, -0.25) is 0 Å². The first kappa shape index (κ1) is 11.6. The third kappa shape index (κ3) is 3.33. The van der Waals surface area contributed by atoms with Gasteiger partial charge >= 0.3 is 0 Å². The molecule has 0 radical (unpaired) electrons. The Kier molecular flexibility index (Phi) is 2.95. The molecule has 0 saturated heterocycles. The second kappa shape index (κ2) is 3.57. The minimum Gasteiger partial charge on any atom is -0.547 e. The molecule has 0 aromatic heterocycles. The number of hydrogen-bond donors (Lipinski definition) is 0. The van der Waals surface area contributed by atoms with Gasteiger partial charge in [-0.25, -0.2) is 0 Å². The van der Waals surface area contributed by atoms with Gasteiger partial charge in [-0.2, -0.15) is 0 Å². The molecule has 0 aromatic carbocycles. The van der Waals surface area contributed by atoms with E-state index < -0.39 is 8.32 Å². The smallest absolute Gasteiger partial charge is 0.241 e. The zero-order valence-electron chi connectivity index (χ0n) is 10.3. The Balaban J connectivity index is 2.65. The van der Waals surface area contributed by atoms with Crippen LogP contribution in [0.2, 0.25) is 19.6 Å². The largest absolute Gasteiger partial charge is 0.547 e. The van der Waals surface area contributed by atoms with Gasteiger partial charge in [-0.05, 0) is 36.7 Å². The first-order valence-corrected chi connectivity index (χ1v) is 8.69. The van der Waals surface area contributed by atoms with E-state index in [1.807, 2.05) is 0 Å². The predicted molar refractivity (Wildman–Crippen MR) is 64.7 cm³/mol. The van der Waals surface area contributed by atoms with Crippen LogP contribution in [0, 0.1) is 5.41 Å². The monoisotopic (exact) mass is 210 g/mol. The molecule has 0 N–H and O–H groups in total. The Labute approximate surface area is 89.0 Å². The molecule has 0 fully saturated rings. The summed E-state index contributed by atoms with van der Waals surface area (Å²) in [6.45, 7) is 13.4. The number of hydrogen-bond acceptors (Lipinski definition) is 1. The third-order valence-corrected chi connectivity index (χ3v) is 3.02. The first-order chi connectivity index (χ1) is 6.18. The minimum absolute atomic E-state index is 0.255. The van der Waals surface area contributed by atoms with Gasteiger partial charge in [0.05, 0.1) is 5.76 Å². The summed E-state index contributed by atoms with van der Waals surface area (Å²) in [7, 11) is -1.41. The van der Waals surface area contributed by atoms with Gasteiger partial charge in [0.2, 0.25) is 8.32 Å². The summed E-state index contributed by atoms with van der Waals surface area (Å²) < 4.78 is 5.97. The quantitative estimate of drug-likeness (QED) is 0.624. The summed E-state index contributed by atoms with van der Waals surface area (Å²) in [6, 6.07) is 0. The SMILES string of the molecule is CC(C)(C)C1=CCC(O[Si](C)(C)C)=C1. The molecule has 0 aromatic rings. The van der Waals surface area contributed by atoms with Gasteiger partial charge in [0.1, 0.15) is 0 Å². The van der Waals surface area contributed by atoms with Gasteiger partial charge in [0.15, 0.2) is 0 Å². The Morgan fingerprint density at radius 3 is 2.14 bits per heavy atom. The maximum Gasteiger partial charge on any atom is 0.241 e. The van der Waals surface area contributed by atoms with Crippen molar-refractivity contribution in [3.63, 3.8) is 0 Å². The number of allylic oxidation sites excluding steroid dienone is 3. The third-order valence-electron chi connectivity index (χ3n) is 2.14. The van der Waals surface area contributed by atoms with Crippen LogP contribution < -0.4 is 0 Å². The Hall–Kier alpha value is -0.503. The molecule has 0 heterocycles. The van der Waals surface area contributed by atoms with Crippen molar-refractivity contribution in [2.45, 2.75) is 46.8 Å². The zero-order chi connectivity index (χ0) is 11.0. The van der Waals surface area contributed by atoms with Crippen LogP contribution in [0.25, 0.3) is 0 Å². The van der Waals surface area contributed by atoms with E-state index in [-0.39, 0.29) is 5.41 Å². The normalized spacial score (nSPS) is 17.9. The summed E-state index contributed by atoms with van der Waals surface area (Å²) in [5, 5.41) is 0. The summed E-state index contributed by atoms with van der Waals surface area (Å²) >= 11 is 0. The molecule has 0 saturated carbocycles. The Bertz CT molecular complexity index is 274. The van der Waals surface area contributed by atoms with Crippen LogP contribution in [0.3, 0.4) is 0 Å². The lowest BCUT2D eigenvalue weighted by molar-refractivity contribution is 0.414. The molecule has 0 aliphatic heterocycles. The highest BCUT2D eigenvalue weighted by atomic mass is 28.4. The molecule has 0 amide bonds. The van der Waals surface area contributed by atoms with Crippen molar-refractivity contribution in [1.82, 2.24) is 0 Å². The van der Waals surface area contributed by atoms with E-state index in [2.05, 4.69) is 52.6 Å². The summed E-state index contributed by atoms with van der Waals surface area (Å²) in [5.74, 6) is 1.16. The van der Waals surface area contributed by atoms with Crippen molar-refractivity contribution >= 4 is 8.32 Å². The van der Waals surface area contributed by atoms with E-state index in [1.54, 1.807) is 0 Å². The first-order valence-electron chi connectivity index (χ1n) is 5.29. The highest BCUT2D eigenvalue weighted by molar-refractivity contribution is 6.70. The van der Waals surface area contributed by atoms with Crippen LogP contribution in [-0.4, -0.2) is 8.32 Å². The Morgan fingerprint density at radius 2 is 1.79 bits per heavy atom. The Morgan fingerprint density at radius 1 is 1.21 bits per heavy atom. The fourth-order valence-electron chi connectivity index (χ4n) is 1.49. The lowest BCUT2D eigenvalue weighted by Crippen LogP contribution is -2.24. The average Bonchev–Trinajstić information content (AvgIpc) is 2.29. The summed E-state index contributed by atoms with van der Waals surface area (Å²) in [4.78, 5) is 0. The van der Waals surface area contributed by atoms with Crippen molar-refractivity contribution < 1.29 is 4.43 Å². The molecule has 14 heavy (non-hydrogen) atoms. The van der Waals surface area contributed by atoms with Gasteiger partial charge in [-0.1, -0.05) is 26.8 Å². The summed E-state index contributed by atoms with van der Waals surface area (Å²) in [5.41, 5.74) is 1.66. The van der Waals surface area contributed by atoms with Crippen LogP contribution in [-0.2, 0) is 4.43 Å². The van der Waals surface area contributed by atoms with Crippen LogP contribution >= 0.6 is 0 Å². The van der Waals surface area contributed by atoms with Gasteiger partial charge < -0.3 is 4.43 Å². The highest BCUT2D eigenvalue weighted by Gasteiger charge is 2.23. The van der Waals surface area contributed by atoms with E-state index >= 15 is 0 Å². The molecule has 0 bridgehead atoms. The van der Waals surface area contributed by atoms with Crippen molar-refractivity contribution in [3.8, 4) is 0 Å². The lowest BCUT2D eigenvalue weighted by atomic mass is 9.87. The van der Waals surface area contributed by atoms with E-state index in [0.717, 1.165) is 12.2 Å². The maximum absolute atomic E-state index is 5.97. The topological polar surface area (TPSA) is 9.23 Å². The van der Waals surface area contributed by atoms with Crippen molar-refractivity contribution in [3.05, 3.63) is 23.5 Å². The van der Waals surface area contributed by atoms with Gasteiger partial charge in [-0.15, -0.1) is 0 Å². The molecule has 1 rings (SSSR count). The molecule has 80 valence electrons. The van der Waals surface area contributed by atoms with Crippen molar-refractivity contribution in [2.24, 2.45) is 5.41 Å². The van der Waals surface area contributed by atoms with E-state index in [9.17, 15) is 0 Å². The molecule has 0 spiro atoms. The average molecular weight is 210 g/mol. The van der Waals surface area contributed by atoms with E-state index in [0.29, 0.717) is 0 Å².